The van der Waals surface area contributed by atoms with Crippen LogP contribution >= 0.6 is 0 Å². The molecule has 3 atom stereocenters. The van der Waals surface area contributed by atoms with Crippen LogP contribution in [0.3, 0.4) is 0 Å². The largest absolute Gasteiger partial charge is 0.508 e. The average Bonchev–Trinajstić information content (AvgIpc) is 3.36. The summed E-state index contributed by atoms with van der Waals surface area (Å²) in [7, 11) is 0. The SMILES string of the molecule is O=C(CCn1cccn1)N1CC(c2cccc(O)c2)C2C1C1CCN2CC1. The highest BCUT2D eigenvalue weighted by Gasteiger charge is 2.54. The minimum atomic E-state index is 0.233. The summed E-state index contributed by atoms with van der Waals surface area (Å²) >= 11 is 0. The monoisotopic (exact) mass is 366 g/mol. The number of hydrogen-bond donors (Lipinski definition) is 1. The van der Waals surface area contributed by atoms with Crippen molar-refractivity contribution in [1.82, 2.24) is 19.6 Å². The number of amides is 1. The van der Waals surface area contributed by atoms with Gasteiger partial charge in [-0.3, -0.25) is 14.4 Å². The minimum absolute atomic E-state index is 0.233. The van der Waals surface area contributed by atoms with Crippen LogP contribution in [0.1, 0.15) is 30.7 Å². The van der Waals surface area contributed by atoms with Crippen molar-refractivity contribution in [2.45, 2.75) is 43.8 Å². The summed E-state index contributed by atoms with van der Waals surface area (Å²) in [5.74, 6) is 1.43. The molecule has 1 N–H and O–H groups in total. The predicted molar refractivity (Wildman–Crippen MR) is 101 cm³/mol. The maximum absolute atomic E-state index is 13.1. The van der Waals surface area contributed by atoms with Crippen molar-refractivity contribution < 1.29 is 9.90 Å². The number of phenolic OH excluding ortho intramolecular Hbond substituents is 1. The van der Waals surface area contributed by atoms with E-state index in [1.54, 1.807) is 12.3 Å². The Balaban J connectivity index is 1.41. The molecule has 6 heteroatoms. The number of nitrogens with zero attached hydrogens (tertiary/aromatic N) is 4. The highest BCUT2D eigenvalue weighted by atomic mass is 16.3. The molecule has 6 nitrogen and oxygen atoms in total. The number of phenols is 1. The van der Waals surface area contributed by atoms with Crippen molar-refractivity contribution in [2.75, 3.05) is 19.6 Å². The van der Waals surface area contributed by atoms with Crippen LogP contribution in [0.15, 0.2) is 42.7 Å². The quantitative estimate of drug-likeness (QED) is 0.900. The van der Waals surface area contributed by atoms with Gasteiger partial charge in [-0.05, 0) is 55.6 Å². The predicted octanol–water partition coefficient (Wildman–Crippen LogP) is 2.07. The van der Waals surface area contributed by atoms with Gasteiger partial charge in [0, 0.05) is 43.9 Å². The van der Waals surface area contributed by atoms with E-state index in [1.807, 2.05) is 29.1 Å². The fraction of sp³-hybridized carbons (Fsp3) is 0.524. The molecule has 3 unspecified atom stereocenters. The molecule has 5 heterocycles. The van der Waals surface area contributed by atoms with Gasteiger partial charge in [0.15, 0.2) is 0 Å². The lowest BCUT2D eigenvalue weighted by Gasteiger charge is -2.51. The summed E-state index contributed by atoms with van der Waals surface area (Å²) in [5.41, 5.74) is 1.15. The van der Waals surface area contributed by atoms with Crippen molar-refractivity contribution in [3.63, 3.8) is 0 Å². The molecule has 0 saturated carbocycles. The number of carbonyl (C=O) groups excluding carboxylic acids is 1. The lowest BCUT2D eigenvalue weighted by molar-refractivity contribution is -0.136. The van der Waals surface area contributed by atoms with Crippen molar-refractivity contribution in [1.29, 1.82) is 0 Å². The summed E-state index contributed by atoms with van der Waals surface area (Å²) in [6.07, 6.45) is 6.53. The highest BCUT2D eigenvalue weighted by Crippen LogP contribution is 2.47. The second-order valence-electron chi connectivity index (χ2n) is 8.12. The Kier molecular flexibility index (Phi) is 4.16. The molecule has 4 saturated heterocycles. The third-order valence-corrected chi connectivity index (χ3v) is 6.73. The van der Waals surface area contributed by atoms with Crippen LogP contribution < -0.4 is 0 Å². The first kappa shape index (κ1) is 16.8. The highest BCUT2D eigenvalue weighted by molar-refractivity contribution is 5.77. The molecular weight excluding hydrogens is 340 g/mol. The van der Waals surface area contributed by atoms with Crippen LogP contribution in [0.25, 0.3) is 0 Å². The van der Waals surface area contributed by atoms with E-state index in [-0.39, 0.29) is 11.8 Å². The number of likely N-dealkylation sites (tertiary alicyclic amines) is 1. The Morgan fingerprint density at radius 3 is 2.78 bits per heavy atom. The number of aryl methyl sites for hydroxylation is 1. The number of carbonyl (C=O) groups is 1. The summed E-state index contributed by atoms with van der Waals surface area (Å²) in [6, 6.07) is 10.2. The molecule has 2 aromatic rings. The first-order valence-corrected chi connectivity index (χ1v) is 10.0. The number of aromatic hydroxyl groups is 1. The number of rotatable bonds is 4. The molecule has 1 amide bonds. The topological polar surface area (TPSA) is 61.6 Å². The summed E-state index contributed by atoms with van der Waals surface area (Å²) in [4.78, 5) is 17.9. The smallest absolute Gasteiger partial charge is 0.224 e. The van der Waals surface area contributed by atoms with E-state index >= 15 is 0 Å². The molecule has 142 valence electrons. The molecule has 2 bridgehead atoms. The fourth-order valence-corrected chi connectivity index (χ4v) is 5.54. The third-order valence-electron chi connectivity index (χ3n) is 6.73. The Hall–Kier alpha value is -2.34. The van der Waals surface area contributed by atoms with Crippen molar-refractivity contribution in [3.05, 3.63) is 48.3 Å². The molecule has 4 aliphatic rings. The molecular formula is C21H26N4O2. The third kappa shape index (κ3) is 2.92. The molecule has 4 fully saturated rings. The van der Waals surface area contributed by atoms with E-state index in [0.29, 0.717) is 36.7 Å². The Morgan fingerprint density at radius 2 is 2.04 bits per heavy atom. The minimum Gasteiger partial charge on any atom is -0.508 e. The van der Waals surface area contributed by atoms with Gasteiger partial charge in [-0.25, -0.2) is 0 Å². The van der Waals surface area contributed by atoms with Gasteiger partial charge in [0.25, 0.3) is 0 Å². The average molecular weight is 366 g/mol. The molecule has 6 rings (SSSR count). The van der Waals surface area contributed by atoms with E-state index in [0.717, 1.165) is 25.2 Å². The zero-order valence-corrected chi connectivity index (χ0v) is 15.4. The van der Waals surface area contributed by atoms with Crippen LogP contribution in [-0.4, -0.2) is 62.3 Å². The van der Waals surface area contributed by atoms with Gasteiger partial charge in [0.05, 0.1) is 6.04 Å². The van der Waals surface area contributed by atoms with Gasteiger partial charge in [0.1, 0.15) is 5.75 Å². The Bertz CT molecular complexity index is 813. The van der Waals surface area contributed by atoms with Gasteiger partial charge >= 0.3 is 0 Å². The molecule has 0 aliphatic carbocycles. The number of benzene rings is 1. The lowest BCUT2D eigenvalue weighted by atomic mass is 9.75. The van der Waals surface area contributed by atoms with Gasteiger partial charge in [-0.1, -0.05) is 12.1 Å². The summed E-state index contributed by atoms with van der Waals surface area (Å²) < 4.78 is 1.83. The van der Waals surface area contributed by atoms with E-state index in [1.165, 1.54) is 12.8 Å². The molecule has 0 spiro atoms. The maximum atomic E-state index is 13.1. The van der Waals surface area contributed by atoms with Gasteiger partial charge in [-0.2, -0.15) is 5.10 Å². The lowest BCUT2D eigenvalue weighted by Crippen LogP contribution is -2.60. The molecule has 0 radical (unpaired) electrons. The number of piperidine rings is 3. The second kappa shape index (κ2) is 6.68. The molecule has 27 heavy (non-hydrogen) atoms. The fourth-order valence-electron chi connectivity index (χ4n) is 5.54. The van der Waals surface area contributed by atoms with Gasteiger partial charge in [0.2, 0.25) is 5.91 Å². The number of hydrogen-bond acceptors (Lipinski definition) is 4. The normalized spacial score (nSPS) is 31.9. The standard InChI is InChI=1S/C21H26N4O2/c26-17-4-1-3-16(13-17)18-14-25(19(27)7-12-24-9-2-8-22-24)20-15-5-10-23(11-6-15)21(18)20/h1-4,8-9,13,15,18,20-21,26H,5-7,10-12,14H2. The van der Waals surface area contributed by atoms with Crippen LogP contribution in [-0.2, 0) is 11.3 Å². The molecule has 1 aromatic carbocycles. The summed E-state index contributed by atoms with van der Waals surface area (Å²) in [5, 5.41) is 14.2. The Labute approximate surface area is 159 Å². The second-order valence-corrected chi connectivity index (χ2v) is 8.12. The Morgan fingerprint density at radius 1 is 1.19 bits per heavy atom. The zero-order chi connectivity index (χ0) is 18.4. The number of aromatic nitrogens is 2. The van der Waals surface area contributed by atoms with Crippen LogP contribution in [0, 0.1) is 5.92 Å². The summed E-state index contributed by atoms with van der Waals surface area (Å²) in [6.45, 7) is 3.65. The maximum Gasteiger partial charge on any atom is 0.224 e. The molecule has 4 aliphatic heterocycles. The van der Waals surface area contributed by atoms with E-state index < -0.39 is 0 Å². The van der Waals surface area contributed by atoms with Crippen LogP contribution in [0.4, 0.5) is 0 Å². The van der Waals surface area contributed by atoms with Crippen molar-refractivity contribution in [2.24, 2.45) is 5.92 Å². The van der Waals surface area contributed by atoms with E-state index in [2.05, 4.69) is 21.0 Å². The van der Waals surface area contributed by atoms with Gasteiger partial charge in [-0.15, -0.1) is 0 Å². The van der Waals surface area contributed by atoms with Crippen molar-refractivity contribution in [3.8, 4) is 5.75 Å². The number of fused-ring (bicyclic) bond motifs is 2. The van der Waals surface area contributed by atoms with E-state index in [4.69, 9.17) is 0 Å². The van der Waals surface area contributed by atoms with Crippen LogP contribution in [0.5, 0.6) is 5.75 Å². The van der Waals surface area contributed by atoms with Gasteiger partial charge < -0.3 is 10.0 Å². The molecule has 1 aromatic heterocycles. The first-order valence-electron chi connectivity index (χ1n) is 10.0. The zero-order valence-electron chi connectivity index (χ0n) is 15.4. The van der Waals surface area contributed by atoms with Crippen molar-refractivity contribution >= 4 is 5.91 Å². The van der Waals surface area contributed by atoms with E-state index in [9.17, 15) is 9.90 Å². The van der Waals surface area contributed by atoms with Crippen LogP contribution in [0.2, 0.25) is 0 Å². The first-order chi connectivity index (χ1) is 13.2.